The lowest BCUT2D eigenvalue weighted by atomic mass is 10.1. The number of ether oxygens (including phenoxy) is 2. The van der Waals surface area contributed by atoms with Crippen molar-refractivity contribution in [3.05, 3.63) is 53.6 Å². The smallest absolute Gasteiger partial charge is 0.262 e. The molecule has 0 aromatic heterocycles. The molecule has 0 saturated heterocycles. The molecule has 0 fully saturated rings. The predicted octanol–water partition coefficient (Wildman–Crippen LogP) is 3.41. The van der Waals surface area contributed by atoms with Crippen LogP contribution in [0.3, 0.4) is 0 Å². The molecule has 0 atom stereocenters. The van der Waals surface area contributed by atoms with Crippen LogP contribution in [0.4, 0.5) is 5.69 Å². The summed E-state index contributed by atoms with van der Waals surface area (Å²) in [6.45, 7) is 6.36. The van der Waals surface area contributed by atoms with Crippen molar-refractivity contribution < 1.29 is 19.1 Å². The van der Waals surface area contributed by atoms with E-state index < -0.39 is 0 Å². The molecule has 0 bridgehead atoms. The first-order valence-electron chi connectivity index (χ1n) is 8.85. The predicted molar refractivity (Wildman–Crippen MR) is 105 cm³/mol. The van der Waals surface area contributed by atoms with Crippen molar-refractivity contribution in [1.82, 2.24) is 5.32 Å². The normalized spacial score (nSPS) is 10.4. The van der Waals surface area contributed by atoms with Gasteiger partial charge in [0.15, 0.2) is 18.1 Å². The number of nitrogens with one attached hydrogen (secondary N) is 2. The van der Waals surface area contributed by atoms with Gasteiger partial charge in [0.25, 0.3) is 11.8 Å². The molecule has 6 nitrogen and oxygen atoms in total. The molecule has 144 valence electrons. The zero-order valence-electron chi connectivity index (χ0n) is 16.2. The highest BCUT2D eigenvalue weighted by atomic mass is 16.5. The number of carbonyl (C=O) groups is 2. The number of anilines is 1. The monoisotopic (exact) mass is 370 g/mol. The maximum atomic E-state index is 12.3. The largest absolute Gasteiger partial charge is 0.493 e. The fourth-order valence-corrected chi connectivity index (χ4v) is 2.41. The molecule has 0 spiro atoms. The Kier molecular flexibility index (Phi) is 7.23. The van der Waals surface area contributed by atoms with E-state index in [0.29, 0.717) is 35.2 Å². The topological polar surface area (TPSA) is 76.7 Å². The van der Waals surface area contributed by atoms with Crippen molar-refractivity contribution in [3.8, 4) is 11.5 Å². The number of benzene rings is 2. The molecule has 0 radical (unpaired) electrons. The zero-order valence-corrected chi connectivity index (χ0v) is 16.2. The average Bonchev–Trinajstić information content (AvgIpc) is 2.65. The molecule has 2 aromatic carbocycles. The molecule has 0 unspecified atom stereocenters. The van der Waals surface area contributed by atoms with Crippen LogP contribution in [0.1, 0.15) is 29.8 Å². The number of hydrogen-bond acceptors (Lipinski definition) is 4. The Morgan fingerprint density at radius 2 is 1.81 bits per heavy atom. The second kappa shape index (κ2) is 9.62. The van der Waals surface area contributed by atoms with Gasteiger partial charge in [0, 0.05) is 6.54 Å². The van der Waals surface area contributed by atoms with Crippen LogP contribution < -0.4 is 20.1 Å². The number of amides is 2. The fourth-order valence-electron chi connectivity index (χ4n) is 2.41. The second-order valence-electron chi connectivity index (χ2n) is 6.64. The lowest BCUT2D eigenvalue weighted by Gasteiger charge is -2.14. The Morgan fingerprint density at radius 1 is 1.07 bits per heavy atom. The number of methoxy groups -OCH3 is 1. The van der Waals surface area contributed by atoms with E-state index in [0.717, 1.165) is 5.56 Å². The first kappa shape index (κ1) is 20.3. The van der Waals surface area contributed by atoms with Gasteiger partial charge < -0.3 is 20.1 Å². The summed E-state index contributed by atoms with van der Waals surface area (Å²) in [7, 11) is 1.55. The third kappa shape index (κ3) is 6.02. The van der Waals surface area contributed by atoms with Crippen molar-refractivity contribution in [1.29, 1.82) is 0 Å². The summed E-state index contributed by atoms with van der Waals surface area (Å²) < 4.78 is 10.8. The van der Waals surface area contributed by atoms with E-state index in [1.807, 2.05) is 32.9 Å². The van der Waals surface area contributed by atoms with E-state index in [9.17, 15) is 9.59 Å². The zero-order chi connectivity index (χ0) is 19.8. The van der Waals surface area contributed by atoms with Crippen LogP contribution in [-0.2, 0) is 4.79 Å². The minimum Gasteiger partial charge on any atom is -0.493 e. The average molecular weight is 370 g/mol. The lowest BCUT2D eigenvalue weighted by Crippen LogP contribution is -2.29. The molecule has 0 heterocycles. The Balaban J connectivity index is 2.01. The Bertz CT molecular complexity index is 803. The van der Waals surface area contributed by atoms with Gasteiger partial charge >= 0.3 is 0 Å². The molecule has 0 aliphatic heterocycles. The summed E-state index contributed by atoms with van der Waals surface area (Å²) in [6.07, 6.45) is 0. The van der Waals surface area contributed by atoms with E-state index in [1.165, 1.54) is 0 Å². The Labute approximate surface area is 159 Å². The summed E-state index contributed by atoms with van der Waals surface area (Å²) in [6, 6.07) is 12.4. The number of rotatable bonds is 8. The van der Waals surface area contributed by atoms with Crippen molar-refractivity contribution in [2.24, 2.45) is 5.92 Å². The van der Waals surface area contributed by atoms with E-state index in [1.54, 1.807) is 37.4 Å². The van der Waals surface area contributed by atoms with Crippen LogP contribution in [0.15, 0.2) is 42.5 Å². The van der Waals surface area contributed by atoms with Gasteiger partial charge in [-0.15, -0.1) is 0 Å². The van der Waals surface area contributed by atoms with Gasteiger partial charge in [0.1, 0.15) is 0 Å². The maximum absolute atomic E-state index is 12.3. The van der Waals surface area contributed by atoms with Crippen LogP contribution in [0.25, 0.3) is 0 Å². The maximum Gasteiger partial charge on any atom is 0.262 e. The summed E-state index contributed by atoms with van der Waals surface area (Å²) >= 11 is 0. The molecular formula is C21H26N2O4. The van der Waals surface area contributed by atoms with Crippen molar-refractivity contribution in [2.45, 2.75) is 20.8 Å². The van der Waals surface area contributed by atoms with Gasteiger partial charge in [-0.3, -0.25) is 9.59 Å². The highest BCUT2D eigenvalue weighted by Gasteiger charge is 2.14. The van der Waals surface area contributed by atoms with E-state index in [-0.39, 0.29) is 18.4 Å². The van der Waals surface area contributed by atoms with E-state index in [4.69, 9.17) is 9.47 Å². The lowest BCUT2D eigenvalue weighted by molar-refractivity contribution is -0.118. The number of hydrogen-bond donors (Lipinski definition) is 2. The van der Waals surface area contributed by atoms with E-state index in [2.05, 4.69) is 10.6 Å². The summed E-state index contributed by atoms with van der Waals surface area (Å²) in [4.78, 5) is 24.6. The van der Waals surface area contributed by atoms with Gasteiger partial charge in [-0.25, -0.2) is 0 Å². The van der Waals surface area contributed by atoms with Gasteiger partial charge in [-0.1, -0.05) is 32.0 Å². The minimum atomic E-state index is -0.360. The summed E-state index contributed by atoms with van der Waals surface area (Å²) in [5.41, 5.74) is 1.90. The summed E-state index contributed by atoms with van der Waals surface area (Å²) in [5.74, 6) is 0.813. The van der Waals surface area contributed by atoms with Crippen LogP contribution in [-0.4, -0.2) is 32.1 Å². The second-order valence-corrected chi connectivity index (χ2v) is 6.64. The van der Waals surface area contributed by atoms with Gasteiger partial charge in [-0.05, 0) is 42.7 Å². The number of aryl methyl sites for hydroxylation is 1. The number of carbonyl (C=O) groups excluding carboxylic acids is 2. The quantitative estimate of drug-likeness (QED) is 0.747. The molecule has 0 saturated carbocycles. The van der Waals surface area contributed by atoms with Crippen molar-refractivity contribution in [2.75, 3.05) is 25.6 Å². The molecule has 2 rings (SSSR count). The number of para-hydroxylation sites is 1. The van der Waals surface area contributed by atoms with Gasteiger partial charge in [-0.2, -0.15) is 0 Å². The van der Waals surface area contributed by atoms with Crippen LogP contribution in [0.2, 0.25) is 0 Å². The third-order valence-electron chi connectivity index (χ3n) is 3.79. The first-order chi connectivity index (χ1) is 12.9. The van der Waals surface area contributed by atoms with Crippen molar-refractivity contribution >= 4 is 17.5 Å². The molecule has 0 aliphatic rings. The first-order valence-corrected chi connectivity index (χ1v) is 8.85. The van der Waals surface area contributed by atoms with Crippen LogP contribution >= 0.6 is 0 Å². The molecule has 2 N–H and O–H groups in total. The third-order valence-corrected chi connectivity index (χ3v) is 3.79. The van der Waals surface area contributed by atoms with Crippen LogP contribution in [0.5, 0.6) is 11.5 Å². The minimum absolute atomic E-state index is 0.193. The van der Waals surface area contributed by atoms with Crippen molar-refractivity contribution in [3.63, 3.8) is 0 Å². The molecular weight excluding hydrogens is 344 g/mol. The van der Waals surface area contributed by atoms with E-state index >= 15 is 0 Å². The molecule has 0 aliphatic carbocycles. The SMILES string of the molecule is COc1cc(C)ccc1OCC(=O)Nc1ccccc1C(=O)NCC(C)C. The van der Waals surface area contributed by atoms with Crippen LogP contribution in [0, 0.1) is 12.8 Å². The molecule has 6 heteroatoms. The summed E-state index contributed by atoms with van der Waals surface area (Å²) in [5, 5.41) is 5.58. The Morgan fingerprint density at radius 3 is 2.52 bits per heavy atom. The van der Waals surface area contributed by atoms with Gasteiger partial charge in [0.2, 0.25) is 0 Å². The Hall–Kier alpha value is -3.02. The van der Waals surface area contributed by atoms with Gasteiger partial charge in [0.05, 0.1) is 18.4 Å². The standard InChI is InChI=1S/C21H26N2O4/c1-14(2)12-22-21(25)16-7-5-6-8-17(16)23-20(24)13-27-18-10-9-15(3)11-19(18)26-4/h5-11,14H,12-13H2,1-4H3,(H,22,25)(H,23,24). The molecule has 2 aromatic rings. The fraction of sp³-hybridized carbons (Fsp3) is 0.333. The highest BCUT2D eigenvalue weighted by molar-refractivity contribution is 6.04. The molecule has 27 heavy (non-hydrogen) atoms. The molecule has 2 amide bonds. The highest BCUT2D eigenvalue weighted by Crippen LogP contribution is 2.27.